The van der Waals surface area contributed by atoms with E-state index in [2.05, 4.69) is 16.9 Å². The van der Waals surface area contributed by atoms with Gasteiger partial charge in [-0.1, -0.05) is 48.5 Å². The van der Waals surface area contributed by atoms with E-state index in [0.717, 1.165) is 5.56 Å². The summed E-state index contributed by atoms with van der Waals surface area (Å²) < 4.78 is 1.29. The third kappa shape index (κ3) is 3.55. The summed E-state index contributed by atoms with van der Waals surface area (Å²) in [6.45, 7) is 3.96. The number of aromatic amines is 1. The van der Waals surface area contributed by atoms with Crippen molar-refractivity contribution >= 4 is 23.1 Å². The van der Waals surface area contributed by atoms with Crippen LogP contribution in [0, 0.1) is 0 Å². The largest absolute Gasteiger partial charge is 0.383 e. The highest BCUT2D eigenvalue weighted by atomic mass is 35.5. The third-order valence-corrected chi connectivity index (χ3v) is 3.01. The normalized spacial score (nSPS) is 10.3. The molecule has 0 spiro atoms. The second kappa shape index (κ2) is 6.32. The van der Waals surface area contributed by atoms with Gasteiger partial charge >= 0.3 is 5.69 Å². The van der Waals surface area contributed by atoms with Gasteiger partial charge in [0.1, 0.15) is 11.5 Å². The van der Waals surface area contributed by atoms with E-state index >= 15 is 0 Å². The van der Waals surface area contributed by atoms with E-state index in [0.29, 0.717) is 5.03 Å². The second-order valence-electron chi connectivity index (χ2n) is 4.46. The third-order valence-electron chi connectivity index (χ3n) is 2.88. The summed E-state index contributed by atoms with van der Waals surface area (Å²) in [6.07, 6.45) is 0. The van der Waals surface area contributed by atoms with Crippen LogP contribution < -0.4 is 22.3 Å². The number of hydrogen-bond donors (Lipinski definition) is 3. The van der Waals surface area contributed by atoms with Gasteiger partial charge in [0.15, 0.2) is 0 Å². The fourth-order valence-corrected chi connectivity index (χ4v) is 1.93. The minimum atomic E-state index is -0.584. The Morgan fingerprint density at radius 2 is 2.00 bits per heavy atom. The van der Waals surface area contributed by atoms with Crippen molar-refractivity contribution in [3.63, 3.8) is 0 Å². The van der Waals surface area contributed by atoms with Crippen LogP contribution >= 0.6 is 11.6 Å². The first kappa shape index (κ1) is 14.9. The van der Waals surface area contributed by atoms with Crippen molar-refractivity contribution in [1.29, 1.82) is 0 Å². The van der Waals surface area contributed by atoms with Gasteiger partial charge in [0, 0.05) is 5.03 Å². The van der Waals surface area contributed by atoms with E-state index in [9.17, 15) is 9.59 Å². The van der Waals surface area contributed by atoms with Gasteiger partial charge in [-0.25, -0.2) is 4.79 Å². The number of anilines is 2. The van der Waals surface area contributed by atoms with Crippen molar-refractivity contribution in [3.8, 4) is 0 Å². The van der Waals surface area contributed by atoms with Crippen LogP contribution in [-0.2, 0) is 6.54 Å². The Kier molecular flexibility index (Phi) is 4.49. The van der Waals surface area contributed by atoms with E-state index in [-0.39, 0.29) is 24.6 Å². The highest BCUT2D eigenvalue weighted by Crippen LogP contribution is 2.13. The van der Waals surface area contributed by atoms with Crippen LogP contribution in [0.5, 0.6) is 0 Å². The Morgan fingerprint density at radius 3 is 2.62 bits per heavy atom. The predicted molar refractivity (Wildman–Crippen MR) is 84.8 cm³/mol. The summed E-state index contributed by atoms with van der Waals surface area (Å²) in [5.74, 6) is 0.0607. The smallest absolute Gasteiger partial charge is 0.330 e. The van der Waals surface area contributed by atoms with Gasteiger partial charge in [-0.2, -0.15) is 0 Å². The lowest BCUT2D eigenvalue weighted by Gasteiger charge is -2.13. The summed E-state index contributed by atoms with van der Waals surface area (Å²) in [7, 11) is 0. The van der Waals surface area contributed by atoms with Gasteiger partial charge in [-0.05, 0) is 5.56 Å². The van der Waals surface area contributed by atoms with Crippen LogP contribution in [0.15, 0.2) is 51.5 Å². The summed E-state index contributed by atoms with van der Waals surface area (Å²) in [5.41, 5.74) is 5.78. The van der Waals surface area contributed by atoms with Gasteiger partial charge in [0.25, 0.3) is 5.56 Å². The number of benzene rings is 1. The number of nitrogens with zero attached hydrogens (tertiary/aromatic N) is 1. The Labute approximate surface area is 125 Å². The van der Waals surface area contributed by atoms with Gasteiger partial charge in [-0.15, -0.1) is 0 Å². The monoisotopic (exact) mass is 306 g/mol. The molecule has 4 N–H and O–H groups in total. The fourth-order valence-electron chi connectivity index (χ4n) is 1.87. The lowest BCUT2D eigenvalue weighted by molar-refractivity contribution is 0.734. The molecule has 0 saturated carbocycles. The first-order valence-corrected chi connectivity index (χ1v) is 6.60. The molecule has 0 aliphatic carbocycles. The molecule has 21 heavy (non-hydrogen) atoms. The zero-order valence-electron chi connectivity index (χ0n) is 11.2. The Bertz CT molecular complexity index is 765. The van der Waals surface area contributed by atoms with Crippen molar-refractivity contribution in [2.24, 2.45) is 0 Å². The molecule has 0 fully saturated rings. The number of nitrogens with one attached hydrogen (secondary N) is 2. The van der Waals surface area contributed by atoms with Crippen molar-refractivity contribution in [2.75, 3.05) is 17.6 Å². The van der Waals surface area contributed by atoms with Gasteiger partial charge < -0.3 is 11.1 Å². The van der Waals surface area contributed by atoms with E-state index < -0.39 is 11.2 Å². The lowest BCUT2D eigenvalue weighted by Crippen LogP contribution is -2.34. The molecule has 0 radical (unpaired) electrons. The molecule has 6 nitrogen and oxygen atoms in total. The highest BCUT2D eigenvalue weighted by Gasteiger charge is 2.12. The number of halogens is 1. The molecule has 0 bridgehead atoms. The van der Waals surface area contributed by atoms with Crippen molar-refractivity contribution in [3.05, 3.63) is 68.3 Å². The fraction of sp³-hybridized carbons (Fsp3) is 0.143. The minimum Gasteiger partial charge on any atom is -0.383 e. The van der Waals surface area contributed by atoms with Crippen molar-refractivity contribution in [1.82, 2.24) is 9.55 Å². The van der Waals surface area contributed by atoms with Crippen LogP contribution in [0.2, 0.25) is 0 Å². The standard InChI is InChI=1S/C14H15ClN4O2/c1-9(15)7-17-11-12(16)19(14(21)18-13(11)20)8-10-5-3-2-4-6-10/h2-6,17H,1,7-8,16H2,(H,18,20,21). The summed E-state index contributed by atoms with van der Waals surface area (Å²) in [5, 5.41) is 3.10. The van der Waals surface area contributed by atoms with Crippen LogP contribution in [0.25, 0.3) is 0 Å². The van der Waals surface area contributed by atoms with Gasteiger partial charge in [-0.3, -0.25) is 14.3 Å². The zero-order valence-corrected chi connectivity index (χ0v) is 12.0. The SMILES string of the molecule is C=C(Cl)CNc1c(N)n(Cc2ccccc2)c(=O)[nH]c1=O. The van der Waals surface area contributed by atoms with E-state index in [4.69, 9.17) is 17.3 Å². The molecule has 2 rings (SSSR count). The summed E-state index contributed by atoms with van der Waals surface area (Å²) in [4.78, 5) is 25.9. The maximum atomic E-state index is 11.9. The number of rotatable bonds is 5. The second-order valence-corrected chi connectivity index (χ2v) is 5.00. The van der Waals surface area contributed by atoms with Crippen LogP contribution in [-0.4, -0.2) is 16.1 Å². The number of hydrogen-bond acceptors (Lipinski definition) is 4. The minimum absolute atomic E-state index is 0.0607. The van der Waals surface area contributed by atoms with Crippen LogP contribution in [0.3, 0.4) is 0 Å². The highest BCUT2D eigenvalue weighted by molar-refractivity contribution is 6.29. The van der Waals surface area contributed by atoms with Crippen molar-refractivity contribution < 1.29 is 0 Å². The molecule has 110 valence electrons. The van der Waals surface area contributed by atoms with Gasteiger partial charge in [0.05, 0.1) is 13.1 Å². The number of nitrogens with two attached hydrogens (primary N) is 1. The zero-order chi connectivity index (χ0) is 15.4. The summed E-state index contributed by atoms with van der Waals surface area (Å²) >= 11 is 5.65. The van der Waals surface area contributed by atoms with E-state index in [1.54, 1.807) is 0 Å². The maximum absolute atomic E-state index is 11.9. The number of nitrogen functional groups attached to an aromatic ring is 1. The van der Waals surface area contributed by atoms with E-state index in [1.807, 2.05) is 30.3 Å². The molecule has 0 unspecified atom stereocenters. The first-order valence-electron chi connectivity index (χ1n) is 6.22. The molecule has 0 aliphatic rings. The van der Waals surface area contributed by atoms with E-state index in [1.165, 1.54) is 4.57 Å². The Morgan fingerprint density at radius 1 is 1.33 bits per heavy atom. The molecule has 2 aromatic rings. The molecule has 0 saturated heterocycles. The average molecular weight is 307 g/mol. The molecular weight excluding hydrogens is 292 g/mol. The molecule has 1 aromatic heterocycles. The van der Waals surface area contributed by atoms with Crippen LogP contribution in [0.4, 0.5) is 11.5 Å². The van der Waals surface area contributed by atoms with Gasteiger partial charge in [0.2, 0.25) is 0 Å². The lowest BCUT2D eigenvalue weighted by atomic mass is 10.2. The molecule has 0 amide bonds. The average Bonchev–Trinajstić information content (AvgIpc) is 2.44. The molecular formula is C14H15ClN4O2. The number of aromatic nitrogens is 2. The molecule has 0 aliphatic heterocycles. The Balaban J connectivity index is 2.42. The summed E-state index contributed by atoms with van der Waals surface area (Å²) in [6, 6.07) is 9.33. The quantitative estimate of drug-likeness (QED) is 0.777. The topological polar surface area (TPSA) is 92.9 Å². The predicted octanol–water partition coefficient (Wildman–Crippen LogP) is 1.33. The number of H-pyrrole nitrogens is 1. The molecule has 1 aromatic carbocycles. The van der Waals surface area contributed by atoms with Crippen molar-refractivity contribution in [2.45, 2.75) is 6.54 Å². The molecule has 0 atom stereocenters. The first-order chi connectivity index (χ1) is 9.99. The van der Waals surface area contributed by atoms with Crippen LogP contribution in [0.1, 0.15) is 5.56 Å². The molecule has 1 heterocycles. The molecule has 7 heteroatoms. The maximum Gasteiger partial charge on any atom is 0.330 e. The Hall–Kier alpha value is -2.47.